The Kier molecular flexibility index (Phi) is 4.04. The SMILES string of the molecule is O=[N+]([O-])c1ccc(C=N[C@H]2CCCC[C@H]2O)cc1. The predicted molar refractivity (Wildman–Crippen MR) is 69.0 cm³/mol. The quantitative estimate of drug-likeness (QED) is 0.506. The van der Waals surface area contributed by atoms with Crippen LogP contribution in [-0.4, -0.2) is 28.4 Å². The van der Waals surface area contributed by atoms with Gasteiger partial charge in [0.1, 0.15) is 0 Å². The van der Waals surface area contributed by atoms with Crippen molar-refractivity contribution in [1.82, 2.24) is 0 Å². The Hall–Kier alpha value is -1.75. The molecule has 1 N–H and O–H groups in total. The standard InChI is InChI=1S/C13H16N2O3/c16-13-4-2-1-3-12(13)14-9-10-5-7-11(8-6-10)15(17)18/h5-9,12-13,16H,1-4H2/t12-,13+/m0/s1. The number of hydrogen-bond acceptors (Lipinski definition) is 4. The molecule has 0 amide bonds. The van der Waals surface area contributed by atoms with Gasteiger partial charge in [-0.3, -0.25) is 15.1 Å². The Bertz CT molecular complexity index is 442. The van der Waals surface area contributed by atoms with Crippen LogP contribution in [-0.2, 0) is 0 Å². The van der Waals surface area contributed by atoms with Crippen molar-refractivity contribution >= 4 is 11.9 Å². The van der Waals surface area contributed by atoms with Crippen molar-refractivity contribution in [2.24, 2.45) is 4.99 Å². The van der Waals surface area contributed by atoms with Crippen molar-refractivity contribution in [2.45, 2.75) is 37.8 Å². The van der Waals surface area contributed by atoms with Gasteiger partial charge in [-0.2, -0.15) is 0 Å². The third-order valence-electron chi connectivity index (χ3n) is 3.21. The highest BCUT2D eigenvalue weighted by Gasteiger charge is 2.21. The molecule has 2 atom stereocenters. The molecule has 0 spiro atoms. The number of rotatable bonds is 3. The minimum absolute atomic E-state index is 0.0334. The second-order valence-corrected chi connectivity index (χ2v) is 4.55. The van der Waals surface area contributed by atoms with Gasteiger partial charge in [0.25, 0.3) is 5.69 Å². The Morgan fingerprint density at radius 2 is 1.94 bits per heavy atom. The number of nitro groups is 1. The molecule has 0 saturated heterocycles. The number of aliphatic hydroxyl groups is 1. The third-order valence-corrected chi connectivity index (χ3v) is 3.21. The van der Waals surface area contributed by atoms with Crippen LogP contribution < -0.4 is 0 Å². The third kappa shape index (κ3) is 3.13. The van der Waals surface area contributed by atoms with E-state index in [0.29, 0.717) is 0 Å². The number of benzene rings is 1. The summed E-state index contributed by atoms with van der Waals surface area (Å²) in [6, 6.07) is 6.21. The van der Waals surface area contributed by atoms with E-state index >= 15 is 0 Å². The number of hydrogen-bond donors (Lipinski definition) is 1. The van der Waals surface area contributed by atoms with Crippen LogP contribution in [0.5, 0.6) is 0 Å². The summed E-state index contributed by atoms with van der Waals surface area (Å²) in [5.74, 6) is 0. The van der Waals surface area contributed by atoms with E-state index in [2.05, 4.69) is 4.99 Å². The highest BCUT2D eigenvalue weighted by Crippen LogP contribution is 2.21. The number of nitro benzene ring substituents is 1. The molecule has 0 unspecified atom stereocenters. The molecule has 1 aliphatic carbocycles. The Morgan fingerprint density at radius 1 is 1.28 bits per heavy atom. The van der Waals surface area contributed by atoms with Gasteiger partial charge in [0.2, 0.25) is 0 Å². The lowest BCUT2D eigenvalue weighted by molar-refractivity contribution is -0.384. The van der Waals surface area contributed by atoms with Crippen LogP contribution in [0, 0.1) is 10.1 Å². The Balaban J connectivity index is 2.01. The Morgan fingerprint density at radius 3 is 2.56 bits per heavy atom. The fraction of sp³-hybridized carbons (Fsp3) is 0.462. The zero-order chi connectivity index (χ0) is 13.0. The van der Waals surface area contributed by atoms with Crippen molar-refractivity contribution in [2.75, 3.05) is 0 Å². The van der Waals surface area contributed by atoms with Gasteiger partial charge < -0.3 is 5.11 Å². The van der Waals surface area contributed by atoms with Crippen LogP contribution in [0.2, 0.25) is 0 Å². The monoisotopic (exact) mass is 248 g/mol. The first-order chi connectivity index (χ1) is 8.66. The minimum atomic E-state index is -0.425. The summed E-state index contributed by atoms with van der Waals surface area (Å²) in [5.41, 5.74) is 0.892. The van der Waals surface area contributed by atoms with E-state index in [1.54, 1.807) is 18.3 Å². The van der Waals surface area contributed by atoms with Crippen LogP contribution in [0.15, 0.2) is 29.3 Å². The average Bonchev–Trinajstić information content (AvgIpc) is 2.38. The molecule has 5 heteroatoms. The molecule has 0 aromatic heterocycles. The molecule has 1 saturated carbocycles. The van der Waals surface area contributed by atoms with Crippen LogP contribution in [0.25, 0.3) is 0 Å². The normalized spacial score (nSPS) is 24.3. The molecular weight excluding hydrogens is 232 g/mol. The van der Waals surface area contributed by atoms with E-state index in [1.165, 1.54) is 12.1 Å². The van der Waals surface area contributed by atoms with Crippen molar-refractivity contribution in [3.63, 3.8) is 0 Å². The van der Waals surface area contributed by atoms with E-state index in [-0.39, 0.29) is 17.8 Å². The zero-order valence-corrected chi connectivity index (χ0v) is 10.0. The van der Waals surface area contributed by atoms with Gasteiger partial charge in [-0.1, -0.05) is 12.8 Å². The van der Waals surface area contributed by atoms with Gasteiger partial charge in [-0.05, 0) is 30.5 Å². The largest absolute Gasteiger partial charge is 0.391 e. The van der Waals surface area contributed by atoms with E-state index in [1.807, 2.05) is 0 Å². The maximum atomic E-state index is 10.5. The van der Waals surface area contributed by atoms with Crippen molar-refractivity contribution < 1.29 is 10.0 Å². The maximum Gasteiger partial charge on any atom is 0.269 e. The minimum Gasteiger partial charge on any atom is -0.391 e. The first kappa shape index (κ1) is 12.7. The molecule has 1 aliphatic rings. The molecule has 0 bridgehead atoms. The van der Waals surface area contributed by atoms with Crippen LogP contribution in [0.1, 0.15) is 31.2 Å². The summed E-state index contributed by atoms with van der Waals surface area (Å²) >= 11 is 0. The van der Waals surface area contributed by atoms with Crippen LogP contribution >= 0.6 is 0 Å². The summed E-state index contributed by atoms with van der Waals surface area (Å²) < 4.78 is 0. The van der Waals surface area contributed by atoms with Crippen LogP contribution in [0.4, 0.5) is 5.69 Å². The molecule has 18 heavy (non-hydrogen) atoms. The lowest BCUT2D eigenvalue weighted by Gasteiger charge is -2.23. The summed E-state index contributed by atoms with van der Waals surface area (Å²) in [6.07, 6.45) is 5.20. The van der Waals surface area contributed by atoms with Crippen molar-refractivity contribution in [3.05, 3.63) is 39.9 Å². The number of aliphatic imine (C=N–C) groups is 1. The summed E-state index contributed by atoms with van der Waals surface area (Å²) in [4.78, 5) is 14.4. The molecule has 1 aromatic carbocycles. The first-order valence-electron chi connectivity index (χ1n) is 6.12. The van der Waals surface area contributed by atoms with Crippen molar-refractivity contribution in [1.29, 1.82) is 0 Å². The topological polar surface area (TPSA) is 75.7 Å². The van der Waals surface area contributed by atoms with Gasteiger partial charge in [-0.15, -0.1) is 0 Å². The molecule has 1 aromatic rings. The molecule has 2 rings (SSSR count). The van der Waals surface area contributed by atoms with Gasteiger partial charge >= 0.3 is 0 Å². The molecule has 0 heterocycles. The van der Waals surface area contributed by atoms with E-state index < -0.39 is 4.92 Å². The molecule has 5 nitrogen and oxygen atoms in total. The van der Waals surface area contributed by atoms with Crippen molar-refractivity contribution in [3.8, 4) is 0 Å². The molecule has 0 aliphatic heterocycles. The molecule has 1 fully saturated rings. The van der Waals surface area contributed by atoms with Gasteiger partial charge in [-0.25, -0.2) is 0 Å². The lowest BCUT2D eigenvalue weighted by Crippen LogP contribution is -2.28. The van der Waals surface area contributed by atoms with Crippen LogP contribution in [0.3, 0.4) is 0 Å². The molecular formula is C13H16N2O3. The van der Waals surface area contributed by atoms with Gasteiger partial charge in [0, 0.05) is 18.3 Å². The maximum absolute atomic E-state index is 10.5. The second-order valence-electron chi connectivity index (χ2n) is 4.55. The fourth-order valence-corrected chi connectivity index (χ4v) is 2.13. The predicted octanol–water partition coefficient (Wildman–Crippen LogP) is 2.32. The highest BCUT2D eigenvalue weighted by molar-refractivity contribution is 5.80. The fourth-order valence-electron chi connectivity index (χ4n) is 2.13. The van der Waals surface area contributed by atoms with Gasteiger partial charge in [0.15, 0.2) is 0 Å². The summed E-state index contributed by atoms with van der Waals surface area (Å²) in [5, 5.41) is 20.3. The number of non-ortho nitro benzene ring substituents is 1. The first-order valence-corrected chi connectivity index (χ1v) is 6.12. The number of nitrogens with zero attached hydrogens (tertiary/aromatic N) is 2. The summed E-state index contributed by atoms with van der Waals surface area (Å²) in [6.45, 7) is 0. The number of aliphatic hydroxyl groups excluding tert-OH is 1. The molecule has 0 radical (unpaired) electrons. The van der Waals surface area contributed by atoms with Gasteiger partial charge in [0.05, 0.1) is 17.1 Å². The highest BCUT2D eigenvalue weighted by atomic mass is 16.6. The van der Waals surface area contributed by atoms with E-state index in [9.17, 15) is 15.2 Å². The lowest BCUT2D eigenvalue weighted by atomic mass is 9.93. The second kappa shape index (κ2) is 5.73. The smallest absolute Gasteiger partial charge is 0.269 e. The Labute approximate surface area is 105 Å². The van der Waals surface area contributed by atoms with E-state index in [4.69, 9.17) is 0 Å². The summed E-state index contributed by atoms with van der Waals surface area (Å²) in [7, 11) is 0. The molecule has 96 valence electrons. The zero-order valence-electron chi connectivity index (χ0n) is 10.0. The average molecular weight is 248 g/mol. The van der Waals surface area contributed by atoms with E-state index in [0.717, 1.165) is 31.2 Å².